The normalized spacial score (nSPS) is 55.1. The van der Waals surface area contributed by atoms with E-state index in [1.54, 1.807) is 0 Å². The predicted molar refractivity (Wildman–Crippen MR) is 182 cm³/mol. The van der Waals surface area contributed by atoms with Gasteiger partial charge in [-0.2, -0.15) is 0 Å². The zero-order chi connectivity index (χ0) is 34.8. The Hall–Kier alpha value is -0.730. The number of carbonyl (C=O) groups excluding carboxylic acids is 1. The lowest BCUT2D eigenvalue weighted by Gasteiger charge is -2.80. The summed E-state index contributed by atoms with van der Waals surface area (Å²) >= 11 is 0. The highest BCUT2D eigenvalue weighted by atomic mass is 16.7. The molecule has 14 atom stereocenters. The van der Waals surface area contributed by atoms with Crippen molar-refractivity contribution in [2.45, 2.75) is 184 Å². The van der Waals surface area contributed by atoms with Crippen molar-refractivity contribution in [1.82, 2.24) is 0 Å². The molecule has 14 unspecified atom stereocenters. The van der Waals surface area contributed by atoms with E-state index in [2.05, 4.69) is 69.2 Å². The summed E-state index contributed by atoms with van der Waals surface area (Å²) in [5.74, 6) is 1.01. The Labute approximate surface area is 285 Å². The fraction of sp³-hybridized carbons (Fsp3) is 0.975. The minimum absolute atomic E-state index is 0.0451. The summed E-state index contributed by atoms with van der Waals surface area (Å²) in [6.45, 7) is 26.4. The molecule has 5 aliphatic carbocycles. The molecule has 6 aliphatic rings. The monoisotopic (exact) mass is 660 g/mol. The number of ether oxygens (including phenoxy) is 3. The SMILES string of the molecule is CC(=O)OC1C(OC2CCC3(C)C(C)(CCC4(C)C5(C)CCC6(C)CCC(C)(C)CC6C5CCC43C)C2(C)C)OC(CO)C(O)C1O. The molecule has 3 N–H and O–H groups in total. The van der Waals surface area contributed by atoms with Gasteiger partial charge in [0.25, 0.3) is 0 Å². The third-order valence-electron chi connectivity index (χ3n) is 18.1. The maximum atomic E-state index is 12.0. The Bertz CT molecular complexity index is 1230. The van der Waals surface area contributed by atoms with Crippen LogP contribution in [0.4, 0.5) is 0 Å². The molecule has 0 aromatic carbocycles. The zero-order valence-corrected chi connectivity index (χ0v) is 31.6. The van der Waals surface area contributed by atoms with Crippen LogP contribution in [0.1, 0.15) is 147 Å². The van der Waals surface area contributed by atoms with Crippen molar-refractivity contribution in [3.8, 4) is 0 Å². The Kier molecular flexibility index (Phi) is 8.55. The van der Waals surface area contributed by atoms with E-state index in [0.29, 0.717) is 16.2 Å². The quantitative estimate of drug-likeness (QED) is 0.213. The van der Waals surface area contributed by atoms with Gasteiger partial charge in [-0.15, -0.1) is 0 Å². The molecule has 7 heteroatoms. The minimum Gasteiger partial charge on any atom is -0.454 e. The lowest BCUT2D eigenvalue weighted by molar-refractivity contribution is -0.356. The van der Waals surface area contributed by atoms with Crippen molar-refractivity contribution in [2.24, 2.45) is 55.2 Å². The van der Waals surface area contributed by atoms with Gasteiger partial charge in [0, 0.05) is 6.92 Å². The molecule has 5 saturated carbocycles. The predicted octanol–water partition coefficient (Wildman–Crippen LogP) is 7.42. The van der Waals surface area contributed by atoms with E-state index in [-0.39, 0.29) is 33.2 Å². The third-order valence-corrected chi connectivity index (χ3v) is 18.1. The van der Waals surface area contributed by atoms with Crippen molar-refractivity contribution in [3.05, 3.63) is 0 Å². The van der Waals surface area contributed by atoms with Gasteiger partial charge in [-0.05, 0) is 126 Å². The lowest BCUT2D eigenvalue weighted by atomic mass is 9.24. The average molecular weight is 661 g/mol. The average Bonchev–Trinajstić information content (AvgIpc) is 2.98. The molecule has 0 spiro atoms. The molecule has 47 heavy (non-hydrogen) atoms. The van der Waals surface area contributed by atoms with Gasteiger partial charge in [0.1, 0.15) is 18.3 Å². The van der Waals surface area contributed by atoms with Crippen LogP contribution in [-0.2, 0) is 19.0 Å². The number of hydrogen-bond acceptors (Lipinski definition) is 7. The van der Waals surface area contributed by atoms with E-state index in [4.69, 9.17) is 14.2 Å². The summed E-state index contributed by atoms with van der Waals surface area (Å²) in [6, 6.07) is 0. The second-order valence-corrected chi connectivity index (χ2v) is 20.2. The Morgan fingerprint density at radius 2 is 1.32 bits per heavy atom. The van der Waals surface area contributed by atoms with E-state index in [9.17, 15) is 20.1 Å². The molecule has 7 nitrogen and oxygen atoms in total. The number of esters is 1. The van der Waals surface area contributed by atoms with Crippen LogP contribution in [-0.4, -0.2) is 64.7 Å². The minimum atomic E-state index is -1.42. The highest BCUT2D eigenvalue weighted by Gasteiger charge is 2.77. The van der Waals surface area contributed by atoms with Crippen LogP contribution in [0.15, 0.2) is 0 Å². The van der Waals surface area contributed by atoms with E-state index in [1.165, 1.54) is 58.3 Å². The lowest BCUT2D eigenvalue weighted by Crippen LogP contribution is -2.74. The van der Waals surface area contributed by atoms with Crippen molar-refractivity contribution in [2.75, 3.05) is 6.61 Å². The molecule has 0 amide bonds. The van der Waals surface area contributed by atoms with Gasteiger partial charge in [-0.3, -0.25) is 4.79 Å². The van der Waals surface area contributed by atoms with Crippen LogP contribution in [0.3, 0.4) is 0 Å². The van der Waals surface area contributed by atoms with E-state index >= 15 is 0 Å². The van der Waals surface area contributed by atoms with Crippen molar-refractivity contribution < 1.29 is 34.3 Å². The number of carbonyl (C=O) groups is 1. The molecule has 6 rings (SSSR count). The highest BCUT2D eigenvalue weighted by molar-refractivity contribution is 5.66. The number of aliphatic hydroxyl groups excluding tert-OH is 3. The first-order chi connectivity index (χ1) is 21.6. The summed E-state index contributed by atoms with van der Waals surface area (Å²) in [4.78, 5) is 12.0. The van der Waals surface area contributed by atoms with Crippen molar-refractivity contribution >= 4 is 5.97 Å². The highest BCUT2D eigenvalue weighted by Crippen LogP contribution is 2.83. The van der Waals surface area contributed by atoms with Crippen LogP contribution >= 0.6 is 0 Å². The first-order valence-corrected chi connectivity index (χ1v) is 19.0. The van der Waals surface area contributed by atoms with E-state index < -0.39 is 43.3 Å². The molecule has 0 aromatic rings. The maximum Gasteiger partial charge on any atom is 0.303 e. The zero-order valence-electron chi connectivity index (χ0n) is 31.6. The topological polar surface area (TPSA) is 105 Å². The van der Waals surface area contributed by atoms with Crippen molar-refractivity contribution in [3.63, 3.8) is 0 Å². The fourth-order valence-electron chi connectivity index (χ4n) is 13.9. The molecular formula is C40H68O7. The molecule has 0 aromatic heterocycles. The smallest absolute Gasteiger partial charge is 0.303 e. The summed E-state index contributed by atoms with van der Waals surface area (Å²) in [6.07, 6.45) is 7.31. The summed E-state index contributed by atoms with van der Waals surface area (Å²) in [5.41, 5.74) is 1.38. The summed E-state index contributed by atoms with van der Waals surface area (Å²) < 4.78 is 18.3. The fourth-order valence-corrected chi connectivity index (χ4v) is 13.9. The number of rotatable bonds is 4. The number of aliphatic hydroxyl groups is 3. The number of fused-ring (bicyclic) bond motifs is 7. The van der Waals surface area contributed by atoms with Gasteiger partial charge in [0.15, 0.2) is 12.4 Å². The Morgan fingerprint density at radius 1 is 0.723 bits per heavy atom. The van der Waals surface area contributed by atoms with Gasteiger partial charge in [-0.25, -0.2) is 0 Å². The Morgan fingerprint density at radius 3 is 1.96 bits per heavy atom. The second kappa shape index (κ2) is 11.1. The van der Waals surface area contributed by atoms with E-state index in [1.807, 2.05) is 0 Å². The third kappa shape index (κ3) is 4.70. The van der Waals surface area contributed by atoms with Crippen molar-refractivity contribution in [1.29, 1.82) is 0 Å². The molecule has 270 valence electrons. The molecule has 1 heterocycles. The maximum absolute atomic E-state index is 12.0. The largest absolute Gasteiger partial charge is 0.454 e. The standard InChI is InChI=1S/C40H68O7/c1-24(42)45-31-30(44)29(43)27(23-41)46-32(31)47-28-13-15-39(10)37(8,34(28,4)5)20-21-38(9)36(7)19-18-35(6)17-16-33(2,3)22-26(35)25(36)12-14-40(38,39)11/h25-32,41,43-44H,12-23H2,1-11H3. The van der Waals surface area contributed by atoms with Gasteiger partial charge < -0.3 is 29.5 Å². The van der Waals surface area contributed by atoms with Crippen LogP contribution in [0.2, 0.25) is 0 Å². The van der Waals surface area contributed by atoms with Gasteiger partial charge in [-0.1, -0.05) is 69.2 Å². The number of hydrogen-bond donors (Lipinski definition) is 3. The molecule has 6 fully saturated rings. The van der Waals surface area contributed by atoms with E-state index in [0.717, 1.165) is 31.1 Å². The first kappa shape index (κ1) is 36.1. The molecule has 1 aliphatic heterocycles. The first-order valence-electron chi connectivity index (χ1n) is 19.0. The van der Waals surface area contributed by atoms with Crippen LogP contribution in [0.25, 0.3) is 0 Å². The second-order valence-electron chi connectivity index (χ2n) is 20.2. The van der Waals surface area contributed by atoms with Gasteiger partial charge in [0.05, 0.1) is 12.7 Å². The molecular weight excluding hydrogens is 592 g/mol. The molecule has 1 saturated heterocycles. The molecule has 0 bridgehead atoms. The van der Waals surface area contributed by atoms with Crippen LogP contribution in [0.5, 0.6) is 0 Å². The summed E-state index contributed by atoms with van der Waals surface area (Å²) in [7, 11) is 0. The van der Waals surface area contributed by atoms with Crippen LogP contribution < -0.4 is 0 Å². The van der Waals surface area contributed by atoms with Gasteiger partial charge >= 0.3 is 5.97 Å². The molecule has 0 radical (unpaired) electrons. The van der Waals surface area contributed by atoms with Gasteiger partial charge in [0.2, 0.25) is 0 Å². The van der Waals surface area contributed by atoms with Crippen LogP contribution in [0, 0.1) is 55.2 Å². The Balaban J connectivity index is 1.31. The summed E-state index contributed by atoms with van der Waals surface area (Å²) in [5, 5.41) is 31.4.